The van der Waals surface area contributed by atoms with Crippen molar-refractivity contribution in [2.75, 3.05) is 4.72 Å². The van der Waals surface area contributed by atoms with Gasteiger partial charge in [-0.3, -0.25) is 4.72 Å². The second-order valence-electron chi connectivity index (χ2n) is 3.37. The van der Waals surface area contributed by atoms with Crippen molar-refractivity contribution in [2.24, 2.45) is 0 Å². The molecule has 0 bridgehead atoms. The molecule has 2 aromatic heterocycles. The van der Waals surface area contributed by atoms with Crippen LogP contribution in [0.25, 0.3) is 0 Å². The maximum absolute atomic E-state index is 12.1. The van der Waals surface area contributed by atoms with Crippen molar-refractivity contribution >= 4 is 48.9 Å². The normalized spacial score (nSPS) is 11.2. The summed E-state index contributed by atoms with van der Waals surface area (Å²) in [7, 11) is -3.84. The first-order chi connectivity index (χ1) is 8.92. The van der Waals surface area contributed by atoms with Crippen molar-refractivity contribution in [1.29, 1.82) is 0 Å². The molecule has 0 fully saturated rings. The molecule has 19 heavy (non-hydrogen) atoms. The largest absolute Gasteiger partial charge is 0.476 e. The Labute approximate surface area is 121 Å². The highest BCUT2D eigenvalue weighted by molar-refractivity contribution is 9.10. The van der Waals surface area contributed by atoms with E-state index in [1.54, 1.807) is 11.4 Å². The monoisotopic (exact) mass is 362 g/mol. The number of aromatic nitrogens is 1. The first kappa shape index (κ1) is 14.0. The summed E-state index contributed by atoms with van der Waals surface area (Å²) in [5.41, 5.74) is -0.422. The van der Waals surface area contributed by atoms with Gasteiger partial charge in [0.25, 0.3) is 10.0 Å². The number of sulfonamides is 1. The molecular weight excluding hydrogens is 356 g/mol. The van der Waals surface area contributed by atoms with E-state index < -0.39 is 16.0 Å². The smallest absolute Gasteiger partial charge is 0.356 e. The molecule has 0 amide bonds. The number of anilines is 1. The number of pyridine rings is 1. The Morgan fingerprint density at radius 1 is 1.42 bits per heavy atom. The molecule has 100 valence electrons. The van der Waals surface area contributed by atoms with E-state index in [1.807, 2.05) is 0 Å². The Kier molecular flexibility index (Phi) is 3.88. The van der Waals surface area contributed by atoms with Gasteiger partial charge in [-0.2, -0.15) is 0 Å². The standard InChI is InChI=1S/C10H7BrN2O4S2/c11-6-3-5-18-10(6)19(16,17)13-7-2-1-4-12-8(7)9(14)15/h1-5,13H,(H,14,15). The summed E-state index contributed by atoms with van der Waals surface area (Å²) in [4.78, 5) is 14.6. The van der Waals surface area contributed by atoms with Crippen LogP contribution in [0.15, 0.2) is 38.5 Å². The molecule has 2 aromatic rings. The number of carbonyl (C=O) groups is 1. The zero-order valence-corrected chi connectivity index (χ0v) is 12.4. The van der Waals surface area contributed by atoms with Gasteiger partial charge in [0.15, 0.2) is 9.90 Å². The first-order valence-electron chi connectivity index (χ1n) is 4.86. The van der Waals surface area contributed by atoms with Gasteiger partial charge in [0.1, 0.15) is 0 Å². The highest BCUT2D eigenvalue weighted by Gasteiger charge is 2.22. The lowest BCUT2D eigenvalue weighted by atomic mass is 10.3. The van der Waals surface area contributed by atoms with E-state index in [-0.39, 0.29) is 15.6 Å². The van der Waals surface area contributed by atoms with Gasteiger partial charge >= 0.3 is 5.97 Å². The van der Waals surface area contributed by atoms with E-state index in [2.05, 4.69) is 25.6 Å². The fourth-order valence-corrected chi connectivity index (χ4v) is 4.73. The number of carboxylic acids is 1. The van der Waals surface area contributed by atoms with Gasteiger partial charge in [-0.05, 0) is 39.5 Å². The van der Waals surface area contributed by atoms with Crippen LogP contribution in [-0.4, -0.2) is 24.5 Å². The molecule has 2 rings (SSSR count). The summed E-state index contributed by atoms with van der Waals surface area (Å²) in [6.07, 6.45) is 1.28. The Hall–Kier alpha value is -1.45. The second-order valence-corrected chi connectivity index (χ2v) is 7.01. The van der Waals surface area contributed by atoms with E-state index in [1.165, 1.54) is 18.3 Å². The number of nitrogens with one attached hydrogen (secondary N) is 1. The molecule has 0 unspecified atom stereocenters. The lowest BCUT2D eigenvalue weighted by Crippen LogP contribution is -2.15. The van der Waals surface area contributed by atoms with Gasteiger partial charge < -0.3 is 5.11 Å². The summed E-state index contributed by atoms with van der Waals surface area (Å²) >= 11 is 4.15. The van der Waals surface area contributed by atoms with E-state index >= 15 is 0 Å². The van der Waals surface area contributed by atoms with Crippen molar-refractivity contribution < 1.29 is 18.3 Å². The van der Waals surface area contributed by atoms with Crippen LogP contribution in [0.5, 0.6) is 0 Å². The summed E-state index contributed by atoms with van der Waals surface area (Å²) in [6, 6.07) is 4.39. The fourth-order valence-electron chi connectivity index (χ4n) is 1.32. The fraction of sp³-hybridized carbons (Fsp3) is 0. The molecule has 0 saturated heterocycles. The van der Waals surface area contributed by atoms with Crippen LogP contribution in [0.2, 0.25) is 0 Å². The second kappa shape index (κ2) is 5.27. The SMILES string of the molecule is O=C(O)c1ncccc1NS(=O)(=O)c1sccc1Br. The maximum Gasteiger partial charge on any atom is 0.356 e. The number of thiophene rings is 1. The van der Waals surface area contributed by atoms with Crippen molar-refractivity contribution in [3.8, 4) is 0 Å². The number of nitrogens with zero attached hydrogens (tertiary/aromatic N) is 1. The summed E-state index contributed by atoms with van der Waals surface area (Å²) in [5, 5.41) is 10.6. The number of aromatic carboxylic acids is 1. The van der Waals surface area contributed by atoms with E-state index in [9.17, 15) is 13.2 Å². The van der Waals surface area contributed by atoms with Crippen molar-refractivity contribution in [3.63, 3.8) is 0 Å². The number of halogens is 1. The Morgan fingerprint density at radius 3 is 2.74 bits per heavy atom. The Morgan fingerprint density at radius 2 is 2.16 bits per heavy atom. The molecule has 0 aromatic carbocycles. The first-order valence-corrected chi connectivity index (χ1v) is 8.01. The molecule has 9 heteroatoms. The molecule has 0 aliphatic rings. The minimum absolute atomic E-state index is 0.0738. The molecule has 6 nitrogen and oxygen atoms in total. The van der Waals surface area contributed by atoms with Crippen LogP contribution >= 0.6 is 27.3 Å². The molecule has 0 aliphatic carbocycles. The zero-order valence-electron chi connectivity index (χ0n) is 9.20. The molecule has 0 radical (unpaired) electrons. The minimum atomic E-state index is -3.84. The summed E-state index contributed by atoms with van der Waals surface area (Å²) < 4.78 is 26.9. The number of hydrogen-bond acceptors (Lipinski definition) is 5. The van der Waals surface area contributed by atoms with Gasteiger partial charge in [0.2, 0.25) is 0 Å². The average Bonchev–Trinajstić information content (AvgIpc) is 2.76. The van der Waals surface area contributed by atoms with Crippen LogP contribution in [0.1, 0.15) is 10.5 Å². The average molecular weight is 363 g/mol. The van der Waals surface area contributed by atoms with Crippen molar-refractivity contribution in [3.05, 3.63) is 39.9 Å². The highest BCUT2D eigenvalue weighted by Crippen LogP contribution is 2.29. The van der Waals surface area contributed by atoms with Crippen molar-refractivity contribution in [2.45, 2.75) is 4.21 Å². The number of rotatable bonds is 4. The van der Waals surface area contributed by atoms with Gasteiger partial charge in [0.05, 0.1) is 5.69 Å². The topological polar surface area (TPSA) is 96.4 Å². The van der Waals surface area contributed by atoms with Crippen LogP contribution in [-0.2, 0) is 10.0 Å². The quantitative estimate of drug-likeness (QED) is 0.870. The van der Waals surface area contributed by atoms with E-state index in [4.69, 9.17) is 5.11 Å². The lowest BCUT2D eigenvalue weighted by molar-refractivity contribution is 0.0692. The van der Waals surface area contributed by atoms with Crippen LogP contribution in [0.4, 0.5) is 5.69 Å². The third-order valence-electron chi connectivity index (χ3n) is 2.08. The molecule has 0 atom stereocenters. The number of carboxylic acid groups (broad SMARTS) is 1. The van der Waals surface area contributed by atoms with Gasteiger partial charge in [-0.1, -0.05) is 0 Å². The summed E-state index contributed by atoms with van der Waals surface area (Å²) in [6.45, 7) is 0. The minimum Gasteiger partial charge on any atom is -0.476 e. The van der Waals surface area contributed by atoms with Gasteiger partial charge in [-0.25, -0.2) is 18.2 Å². The Balaban J connectivity index is 2.42. The number of hydrogen-bond donors (Lipinski definition) is 2. The zero-order chi connectivity index (χ0) is 14.0. The Bertz CT molecular complexity index is 727. The molecule has 0 aliphatic heterocycles. The van der Waals surface area contributed by atoms with Crippen LogP contribution in [0, 0.1) is 0 Å². The molecule has 2 heterocycles. The third kappa shape index (κ3) is 2.94. The predicted octanol–water partition coefficient (Wildman–Crippen LogP) is 2.40. The van der Waals surface area contributed by atoms with Gasteiger partial charge in [0, 0.05) is 10.7 Å². The van der Waals surface area contributed by atoms with Crippen LogP contribution in [0.3, 0.4) is 0 Å². The molecular formula is C10H7BrN2O4S2. The molecule has 2 N–H and O–H groups in total. The van der Waals surface area contributed by atoms with Crippen molar-refractivity contribution in [1.82, 2.24) is 4.98 Å². The maximum atomic E-state index is 12.1. The molecule has 0 saturated carbocycles. The predicted molar refractivity (Wildman–Crippen MR) is 74.0 cm³/mol. The summed E-state index contributed by atoms with van der Waals surface area (Å²) in [5.74, 6) is -1.30. The van der Waals surface area contributed by atoms with E-state index in [0.29, 0.717) is 4.47 Å². The lowest BCUT2D eigenvalue weighted by Gasteiger charge is -2.08. The highest BCUT2D eigenvalue weighted by atomic mass is 79.9. The van der Waals surface area contributed by atoms with Gasteiger partial charge in [-0.15, -0.1) is 11.3 Å². The van der Waals surface area contributed by atoms with E-state index in [0.717, 1.165) is 11.3 Å². The third-order valence-corrected chi connectivity index (χ3v) is 6.12. The molecule has 0 spiro atoms. The van der Waals surface area contributed by atoms with Crippen LogP contribution < -0.4 is 4.72 Å².